The largest absolute Gasteiger partial charge is 0.485 e. The van der Waals surface area contributed by atoms with Crippen LogP contribution in [0.1, 0.15) is 46.7 Å². The SMILES string of the molecule is CC1(C(=O)O)CCN(C(=O)c2cnc(Oc3ccc4c(c3)CC[C@@H](c3ccccc3)O4)s2)C1. The average Bonchev–Trinajstić information content (AvgIpc) is 3.46. The number of benzene rings is 2. The molecule has 2 aliphatic rings. The Morgan fingerprint density at radius 3 is 2.82 bits per heavy atom. The summed E-state index contributed by atoms with van der Waals surface area (Å²) in [5.41, 5.74) is 1.35. The topological polar surface area (TPSA) is 89.0 Å². The summed E-state index contributed by atoms with van der Waals surface area (Å²) in [5, 5.41) is 9.76. The van der Waals surface area contributed by atoms with E-state index in [0.29, 0.717) is 28.8 Å². The van der Waals surface area contributed by atoms with Crippen molar-refractivity contribution in [2.75, 3.05) is 13.1 Å². The molecule has 0 aliphatic carbocycles. The first-order chi connectivity index (χ1) is 15.9. The molecule has 170 valence electrons. The Morgan fingerprint density at radius 1 is 1.24 bits per heavy atom. The Bertz CT molecular complexity index is 1190. The normalized spacial score (nSPS) is 21.8. The smallest absolute Gasteiger partial charge is 0.311 e. The molecule has 2 aromatic carbocycles. The lowest BCUT2D eigenvalue weighted by Crippen LogP contribution is -2.34. The van der Waals surface area contributed by atoms with E-state index in [2.05, 4.69) is 17.1 Å². The summed E-state index contributed by atoms with van der Waals surface area (Å²) in [5.74, 6) is 0.409. The summed E-state index contributed by atoms with van der Waals surface area (Å²) in [7, 11) is 0. The van der Waals surface area contributed by atoms with Gasteiger partial charge in [-0.2, -0.15) is 0 Å². The molecule has 0 radical (unpaired) electrons. The molecular weight excluding hydrogens is 440 g/mol. The second-order valence-corrected chi connectivity index (χ2v) is 9.75. The van der Waals surface area contributed by atoms with Gasteiger partial charge >= 0.3 is 5.97 Å². The first-order valence-corrected chi connectivity index (χ1v) is 11.7. The number of aryl methyl sites for hydroxylation is 1. The molecule has 1 N–H and O–H groups in total. The van der Waals surface area contributed by atoms with E-state index < -0.39 is 11.4 Å². The average molecular weight is 465 g/mol. The zero-order chi connectivity index (χ0) is 23.0. The zero-order valence-electron chi connectivity index (χ0n) is 18.2. The highest BCUT2D eigenvalue weighted by Crippen LogP contribution is 2.38. The predicted molar refractivity (Wildman–Crippen MR) is 123 cm³/mol. The number of fused-ring (bicyclic) bond motifs is 1. The molecule has 0 bridgehead atoms. The van der Waals surface area contributed by atoms with Gasteiger partial charge in [0.15, 0.2) is 0 Å². The first-order valence-electron chi connectivity index (χ1n) is 10.9. The summed E-state index contributed by atoms with van der Waals surface area (Å²) in [6.45, 7) is 2.29. The maximum Gasteiger partial charge on any atom is 0.311 e. The van der Waals surface area contributed by atoms with Crippen molar-refractivity contribution in [3.05, 3.63) is 70.7 Å². The first kappa shape index (κ1) is 21.5. The Kier molecular flexibility index (Phi) is 5.54. The second-order valence-electron chi connectivity index (χ2n) is 8.76. The number of rotatable bonds is 5. The minimum absolute atomic E-state index is 0.0478. The lowest BCUT2D eigenvalue weighted by molar-refractivity contribution is -0.147. The molecule has 2 atom stereocenters. The summed E-state index contributed by atoms with van der Waals surface area (Å²) in [6.07, 6.45) is 3.75. The lowest BCUT2D eigenvalue weighted by Gasteiger charge is -2.26. The van der Waals surface area contributed by atoms with E-state index >= 15 is 0 Å². The second kappa shape index (κ2) is 8.51. The van der Waals surface area contributed by atoms with Gasteiger partial charge in [0.2, 0.25) is 0 Å². The van der Waals surface area contributed by atoms with Gasteiger partial charge in [0, 0.05) is 13.1 Å². The highest BCUT2D eigenvalue weighted by Gasteiger charge is 2.42. The molecule has 7 nitrogen and oxygen atoms in total. The van der Waals surface area contributed by atoms with Gasteiger partial charge in [-0.05, 0) is 55.5 Å². The minimum atomic E-state index is -0.898. The van der Waals surface area contributed by atoms with Gasteiger partial charge in [-0.15, -0.1) is 0 Å². The molecule has 5 rings (SSSR count). The Morgan fingerprint density at radius 2 is 2.06 bits per heavy atom. The Hall–Kier alpha value is -3.39. The molecule has 1 saturated heterocycles. The monoisotopic (exact) mass is 464 g/mol. The number of nitrogens with zero attached hydrogens (tertiary/aromatic N) is 2. The number of hydrogen-bond acceptors (Lipinski definition) is 6. The van der Waals surface area contributed by atoms with Gasteiger partial charge in [-0.1, -0.05) is 41.7 Å². The number of carboxylic acid groups (broad SMARTS) is 1. The van der Waals surface area contributed by atoms with E-state index in [9.17, 15) is 14.7 Å². The van der Waals surface area contributed by atoms with Crippen molar-refractivity contribution < 1.29 is 24.2 Å². The van der Waals surface area contributed by atoms with Crippen molar-refractivity contribution in [3.63, 3.8) is 0 Å². The molecule has 0 spiro atoms. The number of carbonyl (C=O) groups is 2. The molecule has 3 heterocycles. The third kappa shape index (κ3) is 4.30. The quantitative estimate of drug-likeness (QED) is 0.575. The van der Waals surface area contributed by atoms with Crippen molar-refractivity contribution in [2.45, 2.75) is 32.3 Å². The van der Waals surface area contributed by atoms with E-state index in [-0.39, 0.29) is 18.6 Å². The lowest BCUT2D eigenvalue weighted by atomic mass is 9.90. The van der Waals surface area contributed by atoms with Gasteiger partial charge in [-0.3, -0.25) is 9.59 Å². The van der Waals surface area contributed by atoms with Crippen molar-refractivity contribution >= 4 is 23.2 Å². The summed E-state index contributed by atoms with van der Waals surface area (Å²) < 4.78 is 12.1. The summed E-state index contributed by atoms with van der Waals surface area (Å²) in [6, 6.07) is 15.9. The van der Waals surface area contributed by atoms with Gasteiger partial charge in [0.05, 0.1) is 11.6 Å². The maximum atomic E-state index is 12.8. The molecule has 8 heteroatoms. The fourth-order valence-corrected chi connectivity index (χ4v) is 5.05. The van der Waals surface area contributed by atoms with Crippen LogP contribution in [0.2, 0.25) is 0 Å². The van der Waals surface area contributed by atoms with E-state index in [1.165, 1.54) is 11.8 Å². The van der Waals surface area contributed by atoms with E-state index in [1.54, 1.807) is 11.8 Å². The predicted octanol–water partition coefficient (Wildman–Crippen LogP) is 4.94. The number of amides is 1. The summed E-state index contributed by atoms with van der Waals surface area (Å²) >= 11 is 1.16. The van der Waals surface area contributed by atoms with Crippen molar-refractivity contribution in [1.82, 2.24) is 9.88 Å². The standard InChI is InChI=1S/C25H24N2O5S/c1-25(23(29)30)11-12-27(15-25)22(28)21-14-26-24(33-21)31-18-8-10-20-17(13-18)7-9-19(32-20)16-5-3-2-4-6-16/h2-6,8,10,13-14,19H,7,9,11-12,15H2,1H3,(H,29,30)/t19-,25?/m0/s1. The number of carboxylic acids is 1. The number of ether oxygens (including phenoxy) is 2. The van der Waals surface area contributed by atoms with Crippen molar-refractivity contribution in [2.24, 2.45) is 5.41 Å². The molecule has 0 saturated carbocycles. The van der Waals surface area contributed by atoms with Crippen LogP contribution < -0.4 is 9.47 Å². The number of aromatic nitrogens is 1. The van der Waals surface area contributed by atoms with Crippen LogP contribution in [0, 0.1) is 5.41 Å². The number of thiazole rings is 1. The molecule has 1 amide bonds. The molecule has 1 fully saturated rings. The third-order valence-electron chi connectivity index (χ3n) is 6.33. The van der Waals surface area contributed by atoms with Gasteiger partial charge in [0.1, 0.15) is 22.5 Å². The number of aliphatic carboxylic acids is 1. The van der Waals surface area contributed by atoms with Crippen LogP contribution in [0.3, 0.4) is 0 Å². The Balaban J connectivity index is 1.24. The van der Waals surface area contributed by atoms with Crippen LogP contribution in [0.5, 0.6) is 16.7 Å². The highest BCUT2D eigenvalue weighted by molar-refractivity contribution is 7.15. The maximum absolute atomic E-state index is 12.8. The molecule has 1 unspecified atom stereocenters. The molecule has 33 heavy (non-hydrogen) atoms. The van der Waals surface area contributed by atoms with Gasteiger partial charge in [-0.25, -0.2) is 4.98 Å². The van der Waals surface area contributed by atoms with Crippen LogP contribution in [-0.4, -0.2) is 40.0 Å². The molecule has 3 aromatic rings. The van der Waals surface area contributed by atoms with E-state index in [1.807, 2.05) is 36.4 Å². The number of hydrogen-bond donors (Lipinski definition) is 1. The van der Waals surface area contributed by atoms with Crippen LogP contribution in [0.25, 0.3) is 0 Å². The molecular formula is C25H24N2O5S. The third-order valence-corrected chi connectivity index (χ3v) is 7.19. The fourth-order valence-electron chi connectivity index (χ4n) is 4.30. The number of carbonyl (C=O) groups excluding carboxylic acids is 1. The van der Waals surface area contributed by atoms with Gasteiger partial charge < -0.3 is 19.5 Å². The van der Waals surface area contributed by atoms with Crippen LogP contribution in [0.4, 0.5) is 0 Å². The Labute approximate surface area is 195 Å². The van der Waals surface area contributed by atoms with Crippen LogP contribution >= 0.6 is 11.3 Å². The van der Waals surface area contributed by atoms with Crippen LogP contribution in [-0.2, 0) is 11.2 Å². The minimum Gasteiger partial charge on any atom is -0.485 e. The van der Waals surface area contributed by atoms with Crippen molar-refractivity contribution in [1.29, 1.82) is 0 Å². The molecule has 1 aromatic heterocycles. The fraction of sp³-hybridized carbons (Fsp3) is 0.320. The summed E-state index contributed by atoms with van der Waals surface area (Å²) in [4.78, 5) is 30.5. The van der Waals surface area contributed by atoms with E-state index in [4.69, 9.17) is 9.47 Å². The van der Waals surface area contributed by atoms with E-state index in [0.717, 1.165) is 35.5 Å². The zero-order valence-corrected chi connectivity index (χ0v) is 19.0. The molecule has 2 aliphatic heterocycles. The number of likely N-dealkylation sites (tertiary alicyclic amines) is 1. The highest BCUT2D eigenvalue weighted by atomic mass is 32.1. The van der Waals surface area contributed by atoms with Crippen LogP contribution in [0.15, 0.2) is 54.7 Å². The van der Waals surface area contributed by atoms with Crippen molar-refractivity contribution in [3.8, 4) is 16.7 Å². The van der Waals surface area contributed by atoms with Gasteiger partial charge in [0.25, 0.3) is 11.1 Å².